The zero-order chi connectivity index (χ0) is 14.9. The maximum absolute atomic E-state index is 12.2. The van der Waals surface area contributed by atoms with Crippen LogP contribution in [0.3, 0.4) is 0 Å². The van der Waals surface area contributed by atoms with E-state index in [4.69, 9.17) is 0 Å². The summed E-state index contributed by atoms with van der Waals surface area (Å²) >= 11 is 1.54. The van der Waals surface area contributed by atoms with Crippen LogP contribution in [0.5, 0.6) is 0 Å². The molecule has 4 rings (SSSR count). The summed E-state index contributed by atoms with van der Waals surface area (Å²) in [4.78, 5) is 16.7. The Kier molecular flexibility index (Phi) is 4.05. The molecule has 1 aliphatic heterocycles. The van der Waals surface area contributed by atoms with Crippen molar-refractivity contribution in [1.82, 2.24) is 15.6 Å². The van der Waals surface area contributed by atoms with Crippen molar-refractivity contribution >= 4 is 22.5 Å². The third kappa shape index (κ3) is 2.99. The van der Waals surface area contributed by atoms with E-state index in [1.54, 1.807) is 0 Å². The highest BCUT2D eigenvalue weighted by molar-refractivity contribution is 7.13. The molecule has 2 amide bonds. The number of carbonyl (C=O) groups excluding carboxylic acids is 1. The molecule has 3 N–H and O–H groups in total. The van der Waals surface area contributed by atoms with Gasteiger partial charge < -0.3 is 10.6 Å². The first kappa shape index (κ1) is 14.5. The minimum absolute atomic E-state index is 0.0936. The van der Waals surface area contributed by atoms with E-state index in [0.717, 1.165) is 48.6 Å². The fraction of sp³-hybridized carbons (Fsp3) is 0.750. The van der Waals surface area contributed by atoms with Gasteiger partial charge in [-0.1, -0.05) is 6.42 Å². The summed E-state index contributed by atoms with van der Waals surface area (Å²) in [5, 5.41) is 12.3. The van der Waals surface area contributed by atoms with Gasteiger partial charge in [0, 0.05) is 17.3 Å². The van der Waals surface area contributed by atoms with E-state index >= 15 is 0 Å². The number of hydrogen-bond donors (Lipinski definition) is 3. The summed E-state index contributed by atoms with van der Waals surface area (Å²) < 4.78 is 0. The Balaban J connectivity index is 1.28. The topological polar surface area (TPSA) is 66.0 Å². The van der Waals surface area contributed by atoms with Crippen molar-refractivity contribution in [2.24, 2.45) is 11.8 Å². The molecule has 0 spiro atoms. The normalized spacial score (nSPS) is 31.4. The van der Waals surface area contributed by atoms with Gasteiger partial charge in [0.25, 0.3) is 0 Å². The van der Waals surface area contributed by atoms with Gasteiger partial charge >= 0.3 is 6.03 Å². The number of nitrogens with one attached hydrogen (secondary N) is 3. The number of nitrogens with zero attached hydrogens (tertiary/aromatic N) is 1. The minimum atomic E-state index is -0.0936. The van der Waals surface area contributed by atoms with E-state index in [-0.39, 0.29) is 6.03 Å². The van der Waals surface area contributed by atoms with Crippen molar-refractivity contribution in [3.05, 3.63) is 11.1 Å². The number of rotatable bonds is 3. The van der Waals surface area contributed by atoms with Crippen molar-refractivity contribution in [3.8, 4) is 0 Å². The molecule has 2 heterocycles. The molecule has 1 aromatic heterocycles. The Morgan fingerprint density at radius 3 is 2.91 bits per heavy atom. The average Bonchev–Trinajstić information content (AvgIpc) is 3.05. The maximum atomic E-state index is 12.2. The van der Waals surface area contributed by atoms with Crippen molar-refractivity contribution in [2.45, 2.75) is 50.5 Å². The molecule has 3 aliphatic rings. The predicted octanol–water partition coefficient (Wildman–Crippen LogP) is 2.92. The minimum Gasteiger partial charge on any atom is -0.335 e. The highest BCUT2D eigenvalue weighted by Crippen LogP contribution is 2.37. The Bertz CT molecular complexity index is 542. The molecule has 3 atom stereocenters. The van der Waals surface area contributed by atoms with E-state index in [2.05, 4.69) is 26.3 Å². The molecule has 3 fully saturated rings. The lowest BCUT2D eigenvalue weighted by Crippen LogP contribution is -2.42. The van der Waals surface area contributed by atoms with Crippen molar-refractivity contribution in [3.63, 3.8) is 0 Å². The van der Waals surface area contributed by atoms with Crippen LogP contribution in [0.15, 0.2) is 5.38 Å². The average molecular weight is 320 g/mol. The van der Waals surface area contributed by atoms with E-state index in [0.29, 0.717) is 12.0 Å². The lowest BCUT2D eigenvalue weighted by molar-refractivity contribution is 0.224. The second-order valence-electron chi connectivity index (χ2n) is 6.99. The zero-order valence-electron chi connectivity index (χ0n) is 12.8. The number of amides is 2. The third-order valence-electron chi connectivity index (χ3n) is 5.55. The number of aromatic nitrogens is 1. The van der Waals surface area contributed by atoms with Gasteiger partial charge in [-0.3, -0.25) is 5.32 Å². The van der Waals surface area contributed by atoms with Crippen LogP contribution in [0.25, 0.3) is 0 Å². The summed E-state index contributed by atoms with van der Waals surface area (Å²) in [7, 11) is 0. The van der Waals surface area contributed by atoms with Crippen LogP contribution in [-0.4, -0.2) is 30.1 Å². The number of hydrogen-bond acceptors (Lipinski definition) is 4. The molecule has 1 aromatic rings. The maximum Gasteiger partial charge on any atom is 0.321 e. The molecule has 2 saturated carbocycles. The molecule has 0 bridgehead atoms. The van der Waals surface area contributed by atoms with Gasteiger partial charge in [0.2, 0.25) is 0 Å². The zero-order valence-corrected chi connectivity index (χ0v) is 13.6. The van der Waals surface area contributed by atoms with Crippen molar-refractivity contribution < 1.29 is 4.79 Å². The largest absolute Gasteiger partial charge is 0.335 e. The highest BCUT2D eigenvalue weighted by atomic mass is 32.1. The summed E-state index contributed by atoms with van der Waals surface area (Å²) in [6.07, 6.45) is 7.23. The van der Waals surface area contributed by atoms with Gasteiger partial charge in [0.15, 0.2) is 5.13 Å². The highest BCUT2D eigenvalue weighted by Gasteiger charge is 2.34. The quantitative estimate of drug-likeness (QED) is 0.802. The molecule has 0 radical (unpaired) electrons. The number of anilines is 1. The molecule has 22 heavy (non-hydrogen) atoms. The van der Waals surface area contributed by atoms with E-state index in [1.807, 2.05) is 0 Å². The van der Waals surface area contributed by atoms with Gasteiger partial charge in [-0.15, -0.1) is 11.3 Å². The Labute approximate surface area is 135 Å². The van der Waals surface area contributed by atoms with Crippen LogP contribution in [0.2, 0.25) is 0 Å². The van der Waals surface area contributed by atoms with Crippen LogP contribution < -0.4 is 16.0 Å². The molecule has 6 heteroatoms. The molecule has 5 nitrogen and oxygen atoms in total. The van der Waals surface area contributed by atoms with Crippen LogP contribution >= 0.6 is 11.3 Å². The van der Waals surface area contributed by atoms with Gasteiger partial charge in [-0.25, -0.2) is 9.78 Å². The van der Waals surface area contributed by atoms with E-state index < -0.39 is 0 Å². The van der Waals surface area contributed by atoms with Crippen LogP contribution in [-0.2, 0) is 0 Å². The Morgan fingerprint density at radius 1 is 1.23 bits per heavy atom. The fourth-order valence-corrected chi connectivity index (χ4v) is 4.77. The van der Waals surface area contributed by atoms with Gasteiger partial charge in [-0.2, -0.15) is 0 Å². The molecule has 1 saturated heterocycles. The Morgan fingerprint density at radius 2 is 2.09 bits per heavy atom. The standard InChI is InChI=1S/C16H24N4OS/c21-15(18-13-5-4-11-7-17-8-12(11)6-13)20-16-19-14(9-22-16)10-2-1-3-10/h9-13,17H,1-8H2,(H2,18,19,20,21). The van der Waals surface area contributed by atoms with Crippen LogP contribution in [0.1, 0.15) is 50.1 Å². The first-order chi connectivity index (χ1) is 10.8. The number of fused-ring (bicyclic) bond motifs is 1. The second kappa shape index (κ2) is 6.16. The number of thiazole rings is 1. The first-order valence-corrected chi connectivity index (χ1v) is 9.39. The molecular formula is C16H24N4OS. The van der Waals surface area contributed by atoms with Gasteiger partial charge in [0.05, 0.1) is 5.69 Å². The fourth-order valence-electron chi connectivity index (χ4n) is 3.98. The summed E-state index contributed by atoms with van der Waals surface area (Å²) in [5.74, 6) is 2.19. The molecular weight excluding hydrogens is 296 g/mol. The summed E-state index contributed by atoms with van der Waals surface area (Å²) in [6, 6.07) is 0.219. The Hall–Kier alpha value is -1.14. The smallest absolute Gasteiger partial charge is 0.321 e. The van der Waals surface area contributed by atoms with Crippen LogP contribution in [0, 0.1) is 11.8 Å². The van der Waals surface area contributed by atoms with Gasteiger partial charge in [0.1, 0.15) is 0 Å². The third-order valence-corrected chi connectivity index (χ3v) is 6.33. The molecule has 0 aromatic carbocycles. The lowest BCUT2D eigenvalue weighted by Gasteiger charge is -2.31. The SMILES string of the molecule is O=C(Nc1nc(C2CCC2)cs1)NC1CCC2CNCC2C1. The molecule has 3 unspecified atom stereocenters. The monoisotopic (exact) mass is 320 g/mol. The van der Waals surface area contributed by atoms with E-state index in [1.165, 1.54) is 37.0 Å². The van der Waals surface area contributed by atoms with Crippen molar-refractivity contribution in [2.75, 3.05) is 18.4 Å². The molecule has 120 valence electrons. The van der Waals surface area contributed by atoms with Crippen molar-refractivity contribution in [1.29, 1.82) is 0 Å². The first-order valence-electron chi connectivity index (χ1n) is 8.51. The molecule has 2 aliphatic carbocycles. The van der Waals surface area contributed by atoms with Gasteiger partial charge in [-0.05, 0) is 57.0 Å². The lowest BCUT2D eigenvalue weighted by atomic mass is 9.79. The summed E-state index contributed by atoms with van der Waals surface area (Å²) in [6.45, 7) is 2.27. The van der Waals surface area contributed by atoms with Crippen LogP contribution in [0.4, 0.5) is 9.93 Å². The van der Waals surface area contributed by atoms with E-state index in [9.17, 15) is 4.79 Å². The summed E-state index contributed by atoms with van der Waals surface area (Å²) in [5.41, 5.74) is 1.16. The second-order valence-corrected chi connectivity index (χ2v) is 7.85. The number of urea groups is 1. The number of carbonyl (C=O) groups is 1. The predicted molar refractivity (Wildman–Crippen MR) is 88.3 cm³/mol.